The molecule has 0 aliphatic carbocycles. The molecule has 0 saturated heterocycles. The molecule has 0 radical (unpaired) electrons. The van der Waals surface area contributed by atoms with Crippen LogP contribution in [-0.4, -0.2) is 43.7 Å². The number of aliphatic hydroxyl groups excluding tert-OH is 4. The summed E-state index contributed by atoms with van der Waals surface area (Å²) in [6.45, 7) is 1.53. The Labute approximate surface area is 74.4 Å². The summed E-state index contributed by atoms with van der Waals surface area (Å²) in [4.78, 5) is 10.1. The van der Waals surface area contributed by atoms with Crippen LogP contribution in [0.15, 0.2) is 11.5 Å². The number of hydrogen-bond acceptors (Lipinski definition) is 5. The minimum Gasteiger partial charge on any atom is -0.506 e. The fourth-order valence-corrected chi connectivity index (χ4v) is 0.655. The van der Waals surface area contributed by atoms with Crippen molar-refractivity contribution in [2.45, 2.75) is 25.6 Å². The summed E-state index contributed by atoms with van der Waals surface area (Å²) >= 11 is 0. The largest absolute Gasteiger partial charge is 0.506 e. The van der Waals surface area contributed by atoms with E-state index in [1.165, 1.54) is 6.92 Å². The average Bonchev–Trinajstić information content (AvgIpc) is 2.12. The van der Waals surface area contributed by atoms with Gasteiger partial charge in [-0.3, -0.25) is 0 Å². The quantitative estimate of drug-likeness (QED) is 0.303. The second-order valence-corrected chi connectivity index (χ2v) is 2.46. The molecule has 0 aliphatic heterocycles. The predicted molar refractivity (Wildman–Crippen MR) is 42.2 cm³/mol. The maximum Gasteiger partial charge on any atom is 0.374 e. The number of carboxylic acid groups (broad SMARTS) is 1. The van der Waals surface area contributed by atoms with Gasteiger partial charge >= 0.3 is 5.97 Å². The number of aliphatic carboxylic acids is 1. The number of hydrogen-bond donors (Lipinski definition) is 5. The van der Waals surface area contributed by atoms with E-state index in [9.17, 15) is 4.79 Å². The first kappa shape index (κ1) is 11.7. The van der Waals surface area contributed by atoms with Gasteiger partial charge in [-0.05, 0) is 6.42 Å². The van der Waals surface area contributed by atoms with Crippen molar-refractivity contribution in [1.29, 1.82) is 0 Å². The van der Waals surface area contributed by atoms with Crippen LogP contribution >= 0.6 is 0 Å². The zero-order valence-corrected chi connectivity index (χ0v) is 7.01. The summed E-state index contributed by atoms with van der Waals surface area (Å²) in [5, 5.41) is 43.8. The lowest BCUT2D eigenvalue weighted by molar-refractivity contribution is -0.136. The molecule has 0 aromatic rings. The van der Waals surface area contributed by atoms with Gasteiger partial charge in [0.2, 0.25) is 5.76 Å². The molecule has 2 atom stereocenters. The fraction of sp³-hybridized carbons (Fsp3) is 0.571. The zero-order valence-electron chi connectivity index (χ0n) is 7.01. The summed E-state index contributed by atoms with van der Waals surface area (Å²) in [7, 11) is 0. The van der Waals surface area contributed by atoms with Crippen molar-refractivity contribution >= 4 is 5.97 Å². The number of carboxylic acids is 1. The van der Waals surface area contributed by atoms with E-state index in [1.807, 2.05) is 0 Å². The molecule has 0 spiro atoms. The third-order valence-corrected chi connectivity index (χ3v) is 1.51. The first-order valence-corrected chi connectivity index (χ1v) is 3.63. The molecule has 0 aromatic carbocycles. The van der Waals surface area contributed by atoms with Crippen molar-refractivity contribution in [2.24, 2.45) is 0 Å². The number of aliphatic hydroxyl groups is 4. The molecule has 0 amide bonds. The molecule has 13 heavy (non-hydrogen) atoms. The molecule has 0 rings (SSSR count). The third kappa shape index (κ3) is 2.92. The van der Waals surface area contributed by atoms with Crippen LogP contribution < -0.4 is 0 Å². The summed E-state index contributed by atoms with van der Waals surface area (Å²) in [5.74, 6) is -4.26. The lowest BCUT2D eigenvalue weighted by Gasteiger charge is -2.15. The molecule has 6 heteroatoms. The van der Waals surface area contributed by atoms with Crippen LogP contribution in [0.3, 0.4) is 0 Å². The van der Waals surface area contributed by atoms with E-state index < -0.39 is 29.7 Å². The Morgan fingerprint density at radius 3 is 2.00 bits per heavy atom. The van der Waals surface area contributed by atoms with E-state index in [4.69, 9.17) is 25.5 Å². The van der Waals surface area contributed by atoms with Crippen molar-refractivity contribution in [3.05, 3.63) is 11.5 Å². The van der Waals surface area contributed by atoms with Crippen molar-refractivity contribution in [3.8, 4) is 0 Å². The van der Waals surface area contributed by atoms with E-state index in [0.29, 0.717) is 0 Å². The van der Waals surface area contributed by atoms with Gasteiger partial charge in [-0.1, -0.05) is 6.92 Å². The van der Waals surface area contributed by atoms with Gasteiger partial charge in [0.1, 0.15) is 6.10 Å². The van der Waals surface area contributed by atoms with E-state index in [0.717, 1.165) is 0 Å². The van der Waals surface area contributed by atoms with Crippen LogP contribution in [0.25, 0.3) is 0 Å². The van der Waals surface area contributed by atoms with Gasteiger partial charge in [0.05, 0.1) is 6.10 Å². The highest BCUT2D eigenvalue weighted by Gasteiger charge is 2.24. The van der Waals surface area contributed by atoms with E-state index >= 15 is 0 Å². The summed E-state index contributed by atoms with van der Waals surface area (Å²) in [6, 6.07) is 0. The van der Waals surface area contributed by atoms with Gasteiger partial charge < -0.3 is 25.5 Å². The van der Waals surface area contributed by atoms with Gasteiger partial charge in [-0.25, -0.2) is 4.79 Å². The Balaban J connectivity index is 4.66. The van der Waals surface area contributed by atoms with Gasteiger partial charge in [0.25, 0.3) is 0 Å². The molecular weight excluding hydrogens is 180 g/mol. The minimum absolute atomic E-state index is 0.123. The van der Waals surface area contributed by atoms with Crippen LogP contribution in [-0.2, 0) is 4.79 Å². The van der Waals surface area contributed by atoms with Gasteiger partial charge in [0, 0.05) is 0 Å². The van der Waals surface area contributed by atoms with Crippen molar-refractivity contribution < 1.29 is 30.3 Å². The van der Waals surface area contributed by atoms with Crippen LogP contribution in [0, 0.1) is 0 Å². The molecule has 0 heterocycles. The monoisotopic (exact) mass is 192 g/mol. The van der Waals surface area contributed by atoms with Gasteiger partial charge in [-0.2, -0.15) is 0 Å². The van der Waals surface area contributed by atoms with Crippen molar-refractivity contribution in [2.75, 3.05) is 0 Å². The SMILES string of the molecule is CCC(O)C(O)/C(O)=C(/O)C(=O)O. The predicted octanol–water partition coefficient (Wildman–Crippen LogP) is -0.470. The number of carbonyl (C=O) groups is 1. The molecule has 5 N–H and O–H groups in total. The standard InChI is InChI=1S/C7H12O6/c1-2-3(8)4(9)5(10)6(11)7(12)13/h3-4,8-11H,2H2,1H3,(H,12,13)/b6-5-. The van der Waals surface area contributed by atoms with Gasteiger partial charge in [0.15, 0.2) is 5.76 Å². The van der Waals surface area contributed by atoms with Crippen molar-refractivity contribution in [1.82, 2.24) is 0 Å². The molecule has 0 saturated carbocycles. The topological polar surface area (TPSA) is 118 Å². The van der Waals surface area contributed by atoms with Crippen LogP contribution in [0.4, 0.5) is 0 Å². The van der Waals surface area contributed by atoms with Crippen LogP contribution in [0.1, 0.15) is 13.3 Å². The van der Waals surface area contributed by atoms with E-state index in [2.05, 4.69) is 0 Å². The molecule has 0 aliphatic rings. The Bertz CT molecular complexity index is 221. The number of rotatable bonds is 4. The van der Waals surface area contributed by atoms with E-state index in [1.54, 1.807) is 0 Å². The Morgan fingerprint density at radius 2 is 1.69 bits per heavy atom. The molecule has 0 fully saturated rings. The lowest BCUT2D eigenvalue weighted by atomic mass is 10.1. The molecule has 0 bridgehead atoms. The second kappa shape index (κ2) is 4.68. The molecule has 76 valence electrons. The summed E-state index contributed by atoms with van der Waals surface area (Å²) < 4.78 is 0. The minimum atomic E-state index is -1.78. The Hall–Kier alpha value is -1.27. The summed E-state index contributed by atoms with van der Waals surface area (Å²) in [5.41, 5.74) is 0. The highest BCUT2D eigenvalue weighted by atomic mass is 16.4. The van der Waals surface area contributed by atoms with Gasteiger partial charge in [-0.15, -0.1) is 0 Å². The maximum atomic E-state index is 10.1. The molecule has 6 nitrogen and oxygen atoms in total. The third-order valence-electron chi connectivity index (χ3n) is 1.51. The second-order valence-electron chi connectivity index (χ2n) is 2.46. The fourth-order valence-electron chi connectivity index (χ4n) is 0.655. The van der Waals surface area contributed by atoms with Crippen molar-refractivity contribution in [3.63, 3.8) is 0 Å². The summed E-state index contributed by atoms with van der Waals surface area (Å²) in [6.07, 6.45) is -2.96. The first-order chi connectivity index (χ1) is 5.91. The van der Waals surface area contributed by atoms with Crippen LogP contribution in [0.5, 0.6) is 0 Å². The zero-order chi connectivity index (χ0) is 10.6. The first-order valence-electron chi connectivity index (χ1n) is 3.63. The molecule has 2 unspecified atom stereocenters. The highest BCUT2D eigenvalue weighted by molar-refractivity contribution is 5.84. The smallest absolute Gasteiger partial charge is 0.374 e. The highest BCUT2D eigenvalue weighted by Crippen LogP contribution is 2.10. The lowest BCUT2D eigenvalue weighted by Crippen LogP contribution is -2.29. The maximum absolute atomic E-state index is 10.1. The average molecular weight is 192 g/mol. The molecule has 0 aromatic heterocycles. The van der Waals surface area contributed by atoms with E-state index in [-0.39, 0.29) is 6.42 Å². The molecular formula is C7H12O6. The normalized spacial score (nSPS) is 17.5. The Morgan fingerprint density at radius 1 is 1.23 bits per heavy atom. The van der Waals surface area contributed by atoms with Crippen LogP contribution in [0.2, 0.25) is 0 Å². The Kier molecular flexibility index (Phi) is 4.22.